The molecule has 0 spiro atoms. The Morgan fingerprint density at radius 2 is 1.62 bits per heavy atom. The van der Waals surface area contributed by atoms with Crippen LogP contribution in [0.2, 0.25) is 0 Å². The highest BCUT2D eigenvalue weighted by Crippen LogP contribution is 2.26. The molecule has 0 unspecified atom stereocenters. The summed E-state index contributed by atoms with van der Waals surface area (Å²) in [5.74, 6) is -0.700. The summed E-state index contributed by atoms with van der Waals surface area (Å²) in [7, 11) is 0. The van der Waals surface area contributed by atoms with E-state index in [0.717, 1.165) is 17.3 Å². The summed E-state index contributed by atoms with van der Waals surface area (Å²) in [4.78, 5) is 36.5. The number of amides is 1. The molecule has 160 valence electrons. The van der Waals surface area contributed by atoms with E-state index in [2.05, 4.69) is 20.3 Å². The first-order valence-corrected chi connectivity index (χ1v) is 10.4. The standard InChI is InChI=1S/C22H18N6O3S/c23-18-10-19(24)28-22(27-18)32-11-20(29)25-13-7-5-12(6-8-13)17-9-15(21(30)31)14-3-1-2-4-16(14)26-17/h1-10H,11H2,(H,25,29)(H,30,31)(H4,23,24,27,28). The lowest BCUT2D eigenvalue weighted by atomic mass is 10.0. The van der Waals surface area contributed by atoms with E-state index < -0.39 is 5.97 Å². The summed E-state index contributed by atoms with van der Waals surface area (Å²) in [6, 6.07) is 17.1. The Hall–Kier alpha value is -4.18. The highest BCUT2D eigenvalue weighted by molar-refractivity contribution is 7.99. The molecule has 0 aliphatic rings. The summed E-state index contributed by atoms with van der Waals surface area (Å²) < 4.78 is 0. The van der Waals surface area contributed by atoms with Gasteiger partial charge in [0.05, 0.1) is 22.5 Å². The predicted octanol–water partition coefficient (Wildman–Crippen LogP) is 3.29. The van der Waals surface area contributed by atoms with Gasteiger partial charge in [0.2, 0.25) is 5.91 Å². The Bertz CT molecular complexity index is 1310. The smallest absolute Gasteiger partial charge is 0.336 e. The number of aromatic nitrogens is 3. The number of hydrogen-bond donors (Lipinski definition) is 4. The molecule has 0 saturated heterocycles. The molecule has 6 N–H and O–H groups in total. The Balaban J connectivity index is 1.47. The molecular weight excluding hydrogens is 428 g/mol. The largest absolute Gasteiger partial charge is 0.478 e. The minimum atomic E-state index is -1.02. The van der Waals surface area contributed by atoms with E-state index in [4.69, 9.17) is 11.5 Å². The van der Waals surface area contributed by atoms with Gasteiger partial charge in [-0.2, -0.15) is 0 Å². The first-order chi connectivity index (χ1) is 15.4. The number of carboxylic acids is 1. The Morgan fingerprint density at radius 1 is 0.938 bits per heavy atom. The molecule has 4 aromatic rings. The van der Waals surface area contributed by atoms with Gasteiger partial charge < -0.3 is 21.9 Å². The molecule has 0 bridgehead atoms. The van der Waals surface area contributed by atoms with Crippen LogP contribution in [0.3, 0.4) is 0 Å². The summed E-state index contributed by atoms with van der Waals surface area (Å²) in [5.41, 5.74) is 13.9. The van der Waals surface area contributed by atoms with Crippen LogP contribution >= 0.6 is 11.8 Å². The number of pyridine rings is 1. The fourth-order valence-corrected chi connectivity index (χ4v) is 3.75. The third kappa shape index (κ3) is 4.76. The average molecular weight is 446 g/mol. The number of anilines is 3. The quantitative estimate of drug-likeness (QED) is 0.258. The summed E-state index contributed by atoms with van der Waals surface area (Å²) in [5, 5.41) is 13.3. The van der Waals surface area contributed by atoms with Gasteiger partial charge >= 0.3 is 5.97 Å². The van der Waals surface area contributed by atoms with Crippen LogP contribution in [0.5, 0.6) is 0 Å². The van der Waals surface area contributed by atoms with Crippen molar-refractivity contribution in [3.8, 4) is 11.3 Å². The normalized spacial score (nSPS) is 10.8. The number of benzene rings is 2. The number of thioether (sulfide) groups is 1. The van der Waals surface area contributed by atoms with Crippen molar-refractivity contribution in [1.29, 1.82) is 0 Å². The van der Waals surface area contributed by atoms with E-state index in [1.165, 1.54) is 6.07 Å². The van der Waals surface area contributed by atoms with Gasteiger partial charge in [-0.1, -0.05) is 42.1 Å². The maximum atomic E-state index is 12.2. The lowest BCUT2D eigenvalue weighted by Crippen LogP contribution is -2.14. The molecule has 0 atom stereocenters. The number of carbonyl (C=O) groups excluding carboxylic acids is 1. The van der Waals surface area contributed by atoms with Crippen LogP contribution < -0.4 is 16.8 Å². The van der Waals surface area contributed by atoms with Crippen LogP contribution in [0.4, 0.5) is 17.3 Å². The summed E-state index contributed by atoms with van der Waals surface area (Å²) in [6.07, 6.45) is 0. The number of aromatic carboxylic acids is 1. The first-order valence-electron chi connectivity index (χ1n) is 9.45. The van der Waals surface area contributed by atoms with Crippen molar-refractivity contribution in [2.75, 3.05) is 22.5 Å². The van der Waals surface area contributed by atoms with Crippen molar-refractivity contribution in [1.82, 2.24) is 15.0 Å². The number of hydrogen-bond acceptors (Lipinski definition) is 8. The Kier molecular flexibility index (Phi) is 5.86. The molecule has 0 saturated carbocycles. The third-order valence-electron chi connectivity index (χ3n) is 4.49. The van der Waals surface area contributed by atoms with Crippen LogP contribution in [-0.2, 0) is 4.79 Å². The number of nitrogen functional groups attached to an aromatic ring is 2. The van der Waals surface area contributed by atoms with Crippen LogP contribution in [0.25, 0.3) is 22.2 Å². The van der Waals surface area contributed by atoms with Gasteiger partial charge in [-0.05, 0) is 24.3 Å². The van der Waals surface area contributed by atoms with Gasteiger partial charge in [-0.15, -0.1) is 0 Å². The van der Waals surface area contributed by atoms with E-state index in [1.54, 1.807) is 48.5 Å². The molecule has 0 aliphatic carbocycles. The maximum Gasteiger partial charge on any atom is 0.336 e. The lowest BCUT2D eigenvalue weighted by Gasteiger charge is -2.09. The lowest BCUT2D eigenvalue weighted by molar-refractivity contribution is -0.113. The van der Waals surface area contributed by atoms with Crippen molar-refractivity contribution >= 4 is 51.9 Å². The van der Waals surface area contributed by atoms with Crippen LogP contribution in [0.15, 0.2) is 65.8 Å². The number of para-hydroxylation sites is 1. The molecular formula is C22H18N6O3S. The number of carbonyl (C=O) groups is 2. The van der Waals surface area contributed by atoms with Crippen molar-refractivity contribution in [3.63, 3.8) is 0 Å². The van der Waals surface area contributed by atoms with E-state index >= 15 is 0 Å². The molecule has 9 nitrogen and oxygen atoms in total. The third-order valence-corrected chi connectivity index (χ3v) is 5.34. The second-order valence-corrected chi connectivity index (χ2v) is 7.73. The van der Waals surface area contributed by atoms with Crippen molar-refractivity contribution < 1.29 is 14.7 Å². The highest BCUT2D eigenvalue weighted by Gasteiger charge is 2.13. The van der Waals surface area contributed by atoms with Crippen molar-refractivity contribution in [2.24, 2.45) is 0 Å². The van der Waals surface area contributed by atoms with E-state index in [0.29, 0.717) is 27.4 Å². The molecule has 2 aromatic heterocycles. The molecule has 0 aliphatic heterocycles. The number of nitrogens with zero attached hydrogens (tertiary/aromatic N) is 3. The molecule has 0 radical (unpaired) electrons. The first kappa shape index (κ1) is 21.1. The predicted molar refractivity (Wildman–Crippen MR) is 124 cm³/mol. The van der Waals surface area contributed by atoms with Gasteiger partial charge in [0.15, 0.2) is 5.16 Å². The number of fused-ring (bicyclic) bond motifs is 1. The SMILES string of the molecule is Nc1cc(N)nc(SCC(=O)Nc2ccc(-c3cc(C(=O)O)c4ccccc4n3)cc2)n1. The molecule has 10 heteroatoms. The number of rotatable bonds is 6. The van der Waals surface area contributed by atoms with Gasteiger partial charge in [-0.3, -0.25) is 4.79 Å². The van der Waals surface area contributed by atoms with Gasteiger partial charge in [-0.25, -0.2) is 19.7 Å². The molecule has 4 rings (SSSR count). The fraction of sp³-hybridized carbons (Fsp3) is 0.0455. The minimum Gasteiger partial charge on any atom is -0.478 e. The zero-order valence-electron chi connectivity index (χ0n) is 16.6. The van der Waals surface area contributed by atoms with Gasteiger partial charge in [0.1, 0.15) is 11.6 Å². The maximum absolute atomic E-state index is 12.2. The average Bonchev–Trinajstić information content (AvgIpc) is 2.77. The van der Waals surface area contributed by atoms with Gasteiger partial charge in [0.25, 0.3) is 0 Å². The van der Waals surface area contributed by atoms with Crippen LogP contribution in [0, 0.1) is 0 Å². The van der Waals surface area contributed by atoms with E-state index in [-0.39, 0.29) is 28.9 Å². The topological polar surface area (TPSA) is 157 Å². The Labute approximate surface area is 186 Å². The summed E-state index contributed by atoms with van der Waals surface area (Å²) in [6.45, 7) is 0. The number of nitrogens with two attached hydrogens (primary N) is 2. The van der Waals surface area contributed by atoms with E-state index in [1.807, 2.05) is 6.07 Å². The van der Waals surface area contributed by atoms with Crippen LogP contribution in [-0.4, -0.2) is 37.7 Å². The molecule has 32 heavy (non-hydrogen) atoms. The van der Waals surface area contributed by atoms with E-state index in [9.17, 15) is 14.7 Å². The van der Waals surface area contributed by atoms with Crippen molar-refractivity contribution in [2.45, 2.75) is 5.16 Å². The molecule has 2 aromatic carbocycles. The second kappa shape index (κ2) is 8.90. The zero-order chi connectivity index (χ0) is 22.7. The number of carboxylic acid groups (broad SMARTS) is 1. The van der Waals surface area contributed by atoms with Crippen molar-refractivity contribution in [3.05, 3.63) is 66.2 Å². The Morgan fingerprint density at radius 3 is 2.31 bits per heavy atom. The molecule has 1 amide bonds. The minimum absolute atomic E-state index is 0.0822. The van der Waals surface area contributed by atoms with Gasteiger partial charge in [0, 0.05) is 22.7 Å². The molecule has 0 fully saturated rings. The number of nitrogens with one attached hydrogen (secondary N) is 1. The summed E-state index contributed by atoms with van der Waals surface area (Å²) >= 11 is 1.12. The highest BCUT2D eigenvalue weighted by atomic mass is 32.2. The zero-order valence-corrected chi connectivity index (χ0v) is 17.5. The second-order valence-electron chi connectivity index (χ2n) is 6.79. The molecule has 2 heterocycles. The monoisotopic (exact) mass is 446 g/mol. The fourth-order valence-electron chi connectivity index (χ4n) is 3.08. The van der Waals surface area contributed by atoms with Crippen LogP contribution in [0.1, 0.15) is 10.4 Å².